The Bertz CT molecular complexity index is 748. The molecule has 6 nitrogen and oxygen atoms in total. The van der Waals surface area contributed by atoms with Crippen LogP contribution in [0, 0.1) is 11.8 Å². The van der Waals surface area contributed by atoms with Gasteiger partial charge in [0.2, 0.25) is 5.91 Å². The molecule has 2 aliphatic rings. The molecule has 1 aromatic carbocycles. The first kappa shape index (κ1) is 12.4. The lowest BCUT2D eigenvalue weighted by molar-refractivity contribution is -0.121. The van der Waals surface area contributed by atoms with Gasteiger partial charge < -0.3 is 5.32 Å². The second kappa shape index (κ2) is 4.58. The quantitative estimate of drug-likeness (QED) is 0.846. The van der Waals surface area contributed by atoms with Gasteiger partial charge in [-0.15, -0.1) is 0 Å². The number of rotatable bonds is 4. The molecule has 3 atom stereocenters. The maximum atomic E-state index is 11.8. The lowest BCUT2D eigenvalue weighted by Crippen LogP contribution is -2.32. The number of aromatic nitrogens is 3. The van der Waals surface area contributed by atoms with Crippen LogP contribution in [-0.2, 0) is 17.8 Å². The van der Waals surface area contributed by atoms with Crippen molar-refractivity contribution in [1.29, 1.82) is 0 Å². The van der Waals surface area contributed by atoms with Crippen molar-refractivity contribution in [2.24, 2.45) is 11.8 Å². The summed E-state index contributed by atoms with van der Waals surface area (Å²) >= 11 is 0. The van der Waals surface area contributed by atoms with Gasteiger partial charge in [-0.25, -0.2) is 9.89 Å². The second-order valence-electron chi connectivity index (χ2n) is 5.85. The Kier molecular flexibility index (Phi) is 2.70. The van der Waals surface area contributed by atoms with Gasteiger partial charge in [-0.2, -0.15) is 5.10 Å². The summed E-state index contributed by atoms with van der Waals surface area (Å²) in [5.41, 5.74) is 2.55. The Hall–Kier alpha value is -2.37. The standard InChI is InChI=1S/C15H16N4O2/c20-13(7-19-8-17-18-15(19)21)16-6-12-11-5-9-3-1-2-4-10(9)14(11)12/h1-4,8,11-12,14H,5-7H2,(H,16,20)(H,18,21). The summed E-state index contributed by atoms with van der Waals surface area (Å²) in [6.07, 6.45) is 2.46. The number of nitrogens with one attached hydrogen (secondary N) is 2. The molecule has 21 heavy (non-hydrogen) atoms. The van der Waals surface area contributed by atoms with Crippen molar-refractivity contribution in [3.63, 3.8) is 0 Å². The molecule has 0 radical (unpaired) electrons. The molecule has 6 heteroatoms. The molecular weight excluding hydrogens is 268 g/mol. The number of amides is 1. The van der Waals surface area contributed by atoms with E-state index in [2.05, 4.69) is 39.8 Å². The molecule has 0 spiro atoms. The van der Waals surface area contributed by atoms with Gasteiger partial charge in [-0.3, -0.25) is 9.36 Å². The topological polar surface area (TPSA) is 79.8 Å². The Morgan fingerprint density at radius 3 is 3.10 bits per heavy atom. The molecule has 1 heterocycles. The summed E-state index contributed by atoms with van der Waals surface area (Å²) in [4.78, 5) is 23.1. The van der Waals surface area contributed by atoms with E-state index in [-0.39, 0.29) is 18.1 Å². The highest BCUT2D eigenvalue weighted by molar-refractivity contribution is 5.75. The molecule has 1 fully saturated rings. The molecule has 2 aromatic rings. The number of nitrogens with zero attached hydrogens (tertiary/aromatic N) is 2. The predicted molar refractivity (Wildman–Crippen MR) is 75.7 cm³/mol. The molecule has 3 unspecified atom stereocenters. The molecule has 4 rings (SSSR count). The summed E-state index contributed by atoms with van der Waals surface area (Å²) in [5, 5.41) is 8.80. The van der Waals surface area contributed by atoms with E-state index >= 15 is 0 Å². The Labute approximate surface area is 121 Å². The van der Waals surface area contributed by atoms with E-state index in [0.717, 1.165) is 6.42 Å². The van der Waals surface area contributed by atoms with Crippen LogP contribution in [0.15, 0.2) is 35.4 Å². The summed E-state index contributed by atoms with van der Waals surface area (Å²) in [5.74, 6) is 1.69. The molecule has 2 aliphatic carbocycles. The number of benzene rings is 1. The van der Waals surface area contributed by atoms with Crippen LogP contribution in [0.3, 0.4) is 0 Å². The van der Waals surface area contributed by atoms with Crippen molar-refractivity contribution >= 4 is 5.91 Å². The summed E-state index contributed by atoms with van der Waals surface area (Å²) in [7, 11) is 0. The van der Waals surface area contributed by atoms with Crippen LogP contribution in [0.25, 0.3) is 0 Å². The minimum Gasteiger partial charge on any atom is -0.354 e. The molecule has 108 valence electrons. The normalized spacial score (nSPS) is 25.2. The fourth-order valence-electron chi connectivity index (χ4n) is 3.59. The number of fused-ring (bicyclic) bond motifs is 3. The van der Waals surface area contributed by atoms with Crippen molar-refractivity contribution in [2.75, 3.05) is 6.54 Å². The van der Waals surface area contributed by atoms with Gasteiger partial charge in [0.25, 0.3) is 0 Å². The minimum absolute atomic E-state index is 0.0218. The number of aromatic amines is 1. The van der Waals surface area contributed by atoms with Crippen molar-refractivity contribution < 1.29 is 4.79 Å². The third kappa shape index (κ3) is 2.07. The monoisotopic (exact) mass is 284 g/mol. The van der Waals surface area contributed by atoms with E-state index in [9.17, 15) is 9.59 Å². The van der Waals surface area contributed by atoms with Gasteiger partial charge in [0.05, 0.1) is 0 Å². The molecule has 1 aromatic heterocycles. The zero-order valence-corrected chi connectivity index (χ0v) is 11.5. The lowest BCUT2D eigenvalue weighted by atomic mass is 10.0. The lowest BCUT2D eigenvalue weighted by Gasteiger charge is -2.08. The van der Waals surface area contributed by atoms with E-state index in [1.807, 2.05) is 0 Å². The van der Waals surface area contributed by atoms with Crippen LogP contribution < -0.4 is 11.0 Å². The van der Waals surface area contributed by atoms with Gasteiger partial charge in [-0.1, -0.05) is 24.3 Å². The fraction of sp³-hybridized carbons (Fsp3) is 0.400. The van der Waals surface area contributed by atoms with Crippen molar-refractivity contribution in [3.8, 4) is 0 Å². The van der Waals surface area contributed by atoms with E-state index in [4.69, 9.17) is 0 Å². The maximum Gasteiger partial charge on any atom is 0.343 e. The van der Waals surface area contributed by atoms with Gasteiger partial charge in [0, 0.05) is 6.54 Å². The Morgan fingerprint density at radius 2 is 2.29 bits per heavy atom. The van der Waals surface area contributed by atoms with Crippen LogP contribution >= 0.6 is 0 Å². The first-order chi connectivity index (χ1) is 10.2. The summed E-state index contributed by atoms with van der Waals surface area (Å²) < 4.78 is 1.26. The van der Waals surface area contributed by atoms with E-state index in [1.54, 1.807) is 0 Å². The largest absolute Gasteiger partial charge is 0.354 e. The molecule has 0 bridgehead atoms. The van der Waals surface area contributed by atoms with Crippen molar-refractivity contribution in [2.45, 2.75) is 18.9 Å². The molecule has 1 amide bonds. The zero-order chi connectivity index (χ0) is 14.4. The second-order valence-corrected chi connectivity index (χ2v) is 5.85. The zero-order valence-electron chi connectivity index (χ0n) is 11.5. The fourth-order valence-corrected chi connectivity index (χ4v) is 3.59. The highest BCUT2D eigenvalue weighted by Gasteiger charge is 2.54. The number of carbonyl (C=O) groups excluding carboxylic acids is 1. The Balaban J connectivity index is 1.33. The van der Waals surface area contributed by atoms with Gasteiger partial charge in [-0.05, 0) is 35.3 Å². The summed E-state index contributed by atoms with van der Waals surface area (Å²) in [6, 6.07) is 8.57. The molecular formula is C15H16N4O2. The smallest absolute Gasteiger partial charge is 0.343 e. The Morgan fingerprint density at radius 1 is 1.43 bits per heavy atom. The average Bonchev–Trinajstić information content (AvgIpc) is 2.79. The number of H-pyrrole nitrogens is 1. The molecule has 0 aliphatic heterocycles. The van der Waals surface area contributed by atoms with Crippen LogP contribution in [0.4, 0.5) is 0 Å². The van der Waals surface area contributed by atoms with E-state index < -0.39 is 0 Å². The van der Waals surface area contributed by atoms with E-state index in [1.165, 1.54) is 22.0 Å². The van der Waals surface area contributed by atoms with Gasteiger partial charge in [0.15, 0.2) is 0 Å². The first-order valence-electron chi connectivity index (χ1n) is 7.18. The number of hydrogen-bond acceptors (Lipinski definition) is 3. The predicted octanol–water partition coefficient (Wildman–Crippen LogP) is 0.274. The first-order valence-corrected chi connectivity index (χ1v) is 7.18. The minimum atomic E-state index is -0.359. The van der Waals surface area contributed by atoms with Gasteiger partial charge in [0.1, 0.15) is 12.9 Å². The van der Waals surface area contributed by atoms with Gasteiger partial charge >= 0.3 is 5.69 Å². The maximum absolute atomic E-state index is 11.8. The van der Waals surface area contributed by atoms with Crippen LogP contribution in [0.2, 0.25) is 0 Å². The highest BCUT2D eigenvalue weighted by Crippen LogP contribution is 2.60. The molecule has 2 N–H and O–H groups in total. The highest BCUT2D eigenvalue weighted by atomic mass is 16.2. The number of carbonyl (C=O) groups is 1. The molecule has 0 saturated heterocycles. The third-order valence-corrected chi connectivity index (χ3v) is 4.67. The molecule has 1 saturated carbocycles. The van der Waals surface area contributed by atoms with Crippen molar-refractivity contribution in [3.05, 3.63) is 52.2 Å². The van der Waals surface area contributed by atoms with Crippen molar-refractivity contribution in [1.82, 2.24) is 20.1 Å². The van der Waals surface area contributed by atoms with Crippen LogP contribution in [0.5, 0.6) is 0 Å². The van der Waals surface area contributed by atoms with Crippen LogP contribution in [0.1, 0.15) is 17.0 Å². The average molecular weight is 284 g/mol. The number of hydrogen-bond donors (Lipinski definition) is 2. The van der Waals surface area contributed by atoms with E-state index in [0.29, 0.717) is 24.3 Å². The SMILES string of the molecule is O=C(Cn1cn[nH]c1=O)NCC1C2Cc3ccccc3C12. The summed E-state index contributed by atoms with van der Waals surface area (Å²) in [6.45, 7) is 0.711. The third-order valence-electron chi connectivity index (χ3n) is 4.67. The van der Waals surface area contributed by atoms with Crippen LogP contribution in [-0.4, -0.2) is 27.2 Å².